The van der Waals surface area contributed by atoms with E-state index >= 15 is 0 Å². The standard InChI is InChI=1S/C12H12O2/c13-12(9-10-5-1-2-6-10)14-11-7-3-4-8-11/h1-8,10-11H,9H2. The van der Waals surface area contributed by atoms with E-state index in [0.29, 0.717) is 6.42 Å². The molecular weight excluding hydrogens is 176 g/mol. The minimum absolute atomic E-state index is 0.146. The van der Waals surface area contributed by atoms with Gasteiger partial charge in [-0.2, -0.15) is 0 Å². The van der Waals surface area contributed by atoms with Crippen molar-refractivity contribution in [1.82, 2.24) is 0 Å². The van der Waals surface area contributed by atoms with E-state index in [1.165, 1.54) is 0 Å². The Morgan fingerprint density at radius 3 is 2.21 bits per heavy atom. The van der Waals surface area contributed by atoms with Crippen LogP contribution in [0.1, 0.15) is 6.42 Å². The van der Waals surface area contributed by atoms with Crippen LogP contribution in [0, 0.1) is 5.92 Å². The summed E-state index contributed by atoms with van der Waals surface area (Å²) in [6.45, 7) is 0. The topological polar surface area (TPSA) is 26.3 Å². The molecule has 0 fully saturated rings. The predicted octanol–water partition coefficient (Wildman–Crippen LogP) is 2.16. The maximum atomic E-state index is 11.4. The second-order valence-corrected chi connectivity index (χ2v) is 3.36. The van der Waals surface area contributed by atoms with Crippen LogP contribution in [0.25, 0.3) is 0 Å². The Morgan fingerprint density at radius 2 is 1.57 bits per heavy atom. The van der Waals surface area contributed by atoms with Crippen molar-refractivity contribution in [2.75, 3.05) is 0 Å². The first-order valence-corrected chi connectivity index (χ1v) is 4.74. The largest absolute Gasteiger partial charge is 0.454 e. The Balaban J connectivity index is 1.78. The van der Waals surface area contributed by atoms with Gasteiger partial charge in [-0.05, 0) is 12.2 Å². The van der Waals surface area contributed by atoms with Crippen LogP contribution in [0.15, 0.2) is 48.6 Å². The molecule has 0 saturated heterocycles. The number of hydrogen-bond donors (Lipinski definition) is 0. The molecule has 0 N–H and O–H groups in total. The highest BCUT2D eigenvalue weighted by atomic mass is 16.5. The van der Waals surface area contributed by atoms with Gasteiger partial charge in [0.15, 0.2) is 0 Å². The van der Waals surface area contributed by atoms with Gasteiger partial charge in [-0.3, -0.25) is 4.79 Å². The van der Waals surface area contributed by atoms with Crippen LogP contribution in [0.3, 0.4) is 0 Å². The Hall–Kier alpha value is -1.57. The molecule has 0 unspecified atom stereocenters. The molecule has 72 valence electrons. The minimum Gasteiger partial charge on any atom is -0.454 e. The third kappa shape index (κ3) is 2.22. The first-order valence-electron chi connectivity index (χ1n) is 4.74. The molecule has 0 amide bonds. The molecule has 14 heavy (non-hydrogen) atoms. The first-order chi connectivity index (χ1) is 6.84. The van der Waals surface area contributed by atoms with Crippen molar-refractivity contribution in [3.63, 3.8) is 0 Å². The average molecular weight is 188 g/mol. The molecule has 0 radical (unpaired) electrons. The van der Waals surface area contributed by atoms with Crippen molar-refractivity contribution in [3.05, 3.63) is 48.6 Å². The van der Waals surface area contributed by atoms with E-state index in [9.17, 15) is 4.79 Å². The molecule has 2 heteroatoms. The van der Waals surface area contributed by atoms with Crippen LogP contribution in [-0.2, 0) is 9.53 Å². The number of ether oxygens (including phenoxy) is 1. The zero-order chi connectivity index (χ0) is 9.80. The van der Waals surface area contributed by atoms with E-state index in [0.717, 1.165) is 0 Å². The van der Waals surface area contributed by atoms with Gasteiger partial charge in [0.05, 0.1) is 6.42 Å². The third-order valence-corrected chi connectivity index (χ3v) is 2.21. The summed E-state index contributed by atoms with van der Waals surface area (Å²) in [7, 11) is 0. The van der Waals surface area contributed by atoms with Crippen LogP contribution in [0.4, 0.5) is 0 Å². The van der Waals surface area contributed by atoms with Crippen LogP contribution in [0.2, 0.25) is 0 Å². The van der Waals surface area contributed by atoms with Crippen molar-refractivity contribution in [2.24, 2.45) is 5.92 Å². The highest BCUT2D eigenvalue weighted by Gasteiger charge is 2.14. The maximum Gasteiger partial charge on any atom is 0.307 e. The molecule has 0 atom stereocenters. The van der Waals surface area contributed by atoms with Crippen molar-refractivity contribution in [1.29, 1.82) is 0 Å². The molecule has 0 bridgehead atoms. The SMILES string of the molecule is O=C(CC1C=CC=C1)OC1C=CC=C1. The Bertz CT molecular complexity index is 278. The number of carbonyl (C=O) groups is 1. The van der Waals surface area contributed by atoms with Gasteiger partial charge >= 0.3 is 5.97 Å². The van der Waals surface area contributed by atoms with Gasteiger partial charge in [-0.25, -0.2) is 0 Å². The van der Waals surface area contributed by atoms with Crippen molar-refractivity contribution >= 4 is 5.97 Å². The lowest BCUT2D eigenvalue weighted by Crippen LogP contribution is -2.14. The minimum atomic E-state index is -0.156. The van der Waals surface area contributed by atoms with Crippen LogP contribution >= 0.6 is 0 Å². The van der Waals surface area contributed by atoms with E-state index in [1.54, 1.807) is 0 Å². The van der Waals surface area contributed by atoms with Crippen molar-refractivity contribution < 1.29 is 9.53 Å². The molecule has 0 aromatic rings. The fourth-order valence-corrected chi connectivity index (χ4v) is 1.50. The smallest absolute Gasteiger partial charge is 0.307 e. The first kappa shape index (κ1) is 9.00. The van der Waals surface area contributed by atoms with E-state index in [1.807, 2.05) is 48.6 Å². The Kier molecular flexibility index (Phi) is 2.63. The lowest BCUT2D eigenvalue weighted by Gasteiger charge is -2.09. The number of rotatable bonds is 3. The predicted molar refractivity (Wildman–Crippen MR) is 54.5 cm³/mol. The number of esters is 1. The average Bonchev–Trinajstić information content (AvgIpc) is 2.76. The molecule has 0 spiro atoms. The summed E-state index contributed by atoms with van der Waals surface area (Å²) in [4.78, 5) is 11.4. The van der Waals surface area contributed by atoms with E-state index in [4.69, 9.17) is 4.74 Å². The monoisotopic (exact) mass is 188 g/mol. The summed E-state index contributed by atoms with van der Waals surface area (Å²) in [5.41, 5.74) is 0. The lowest BCUT2D eigenvalue weighted by molar-refractivity contribution is -0.145. The van der Waals surface area contributed by atoms with Gasteiger partial charge in [-0.1, -0.05) is 36.5 Å². The molecule has 2 rings (SSSR count). The summed E-state index contributed by atoms with van der Waals surface area (Å²) >= 11 is 0. The third-order valence-electron chi connectivity index (χ3n) is 2.21. The van der Waals surface area contributed by atoms with Crippen molar-refractivity contribution in [2.45, 2.75) is 12.5 Å². The summed E-state index contributed by atoms with van der Waals surface area (Å²) in [5, 5.41) is 0. The molecular formula is C12H12O2. The quantitative estimate of drug-likeness (QED) is 0.634. The molecule has 0 aromatic heterocycles. The van der Waals surface area contributed by atoms with Crippen LogP contribution < -0.4 is 0 Å². The van der Waals surface area contributed by atoms with E-state index < -0.39 is 0 Å². The maximum absolute atomic E-state index is 11.4. The number of carbonyl (C=O) groups excluding carboxylic acids is 1. The van der Waals surface area contributed by atoms with Crippen molar-refractivity contribution in [3.8, 4) is 0 Å². The molecule has 2 aliphatic carbocycles. The second-order valence-electron chi connectivity index (χ2n) is 3.36. The number of hydrogen-bond acceptors (Lipinski definition) is 2. The summed E-state index contributed by atoms with van der Waals surface area (Å²) in [5.74, 6) is 0.0734. The number of allylic oxidation sites excluding steroid dienone is 6. The van der Waals surface area contributed by atoms with Gasteiger partial charge in [0.2, 0.25) is 0 Å². The summed E-state index contributed by atoms with van der Waals surface area (Å²) in [6.07, 6.45) is 15.7. The van der Waals surface area contributed by atoms with E-state index in [2.05, 4.69) is 0 Å². The zero-order valence-electron chi connectivity index (χ0n) is 7.80. The van der Waals surface area contributed by atoms with Gasteiger partial charge < -0.3 is 4.74 Å². The van der Waals surface area contributed by atoms with Gasteiger partial charge in [0.1, 0.15) is 6.10 Å². The Labute approximate surface area is 83.3 Å². The highest BCUT2D eigenvalue weighted by Crippen LogP contribution is 2.15. The van der Waals surface area contributed by atoms with Gasteiger partial charge in [0, 0.05) is 5.92 Å². The molecule has 0 heterocycles. The molecule has 2 nitrogen and oxygen atoms in total. The molecule has 0 aromatic carbocycles. The zero-order valence-corrected chi connectivity index (χ0v) is 7.80. The summed E-state index contributed by atoms with van der Waals surface area (Å²) < 4.78 is 5.19. The highest BCUT2D eigenvalue weighted by molar-refractivity contribution is 5.71. The Morgan fingerprint density at radius 1 is 1.00 bits per heavy atom. The second kappa shape index (κ2) is 4.09. The van der Waals surface area contributed by atoms with E-state index in [-0.39, 0.29) is 18.0 Å². The van der Waals surface area contributed by atoms with Crippen LogP contribution in [-0.4, -0.2) is 12.1 Å². The molecule has 2 aliphatic rings. The van der Waals surface area contributed by atoms with Gasteiger partial charge in [0.25, 0.3) is 0 Å². The van der Waals surface area contributed by atoms with Gasteiger partial charge in [-0.15, -0.1) is 0 Å². The normalized spacial score (nSPS) is 19.7. The molecule has 0 saturated carbocycles. The fraction of sp³-hybridized carbons (Fsp3) is 0.250. The lowest BCUT2D eigenvalue weighted by atomic mass is 10.1. The summed E-state index contributed by atoms with van der Waals surface area (Å²) in [6, 6.07) is 0. The van der Waals surface area contributed by atoms with Crippen LogP contribution in [0.5, 0.6) is 0 Å². The molecule has 0 aliphatic heterocycles. The fourth-order valence-electron chi connectivity index (χ4n) is 1.50.